The Balaban J connectivity index is 1.88. The first-order valence-electron chi connectivity index (χ1n) is 6.52. The predicted molar refractivity (Wildman–Crippen MR) is 70.6 cm³/mol. The lowest BCUT2D eigenvalue weighted by molar-refractivity contribution is -0.190. The van der Waals surface area contributed by atoms with E-state index in [1.54, 1.807) is 7.11 Å². The second kappa shape index (κ2) is 5.29. The van der Waals surface area contributed by atoms with Crippen molar-refractivity contribution in [2.24, 2.45) is 5.41 Å². The Hall–Kier alpha value is -1.06. The van der Waals surface area contributed by atoms with Gasteiger partial charge in [0.25, 0.3) is 0 Å². The number of hydrogen-bond acceptors (Lipinski definition) is 3. The Morgan fingerprint density at radius 1 is 1.33 bits per heavy atom. The standard InChI is InChI=1S/C15H22O3/c1-4-15(2)13(16)9-14(15)18-10-11-5-7-12(17-3)8-6-11/h5-8,13-14,16H,4,9-10H2,1-3H3. The van der Waals surface area contributed by atoms with Crippen molar-refractivity contribution in [2.45, 2.75) is 45.5 Å². The number of benzene rings is 1. The van der Waals surface area contributed by atoms with Crippen LogP contribution in [0.4, 0.5) is 0 Å². The highest BCUT2D eigenvalue weighted by atomic mass is 16.5. The van der Waals surface area contributed by atoms with Crippen molar-refractivity contribution < 1.29 is 14.6 Å². The normalized spacial score (nSPS) is 30.9. The van der Waals surface area contributed by atoms with Crippen molar-refractivity contribution in [2.75, 3.05) is 7.11 Å². The van der Waals surface area contributed by atoms with Gasteiger partial charge in [-0.3, -0.25) is 0 Å². The SMILES string of the molecule is CCC1(C)C(O)CC1OCc1ccc(OC)cc1. The molecule has 0 heterocycles. The highest BCUT2D eigenvalue weighted by Crippen LogP contribution is 2.46. The first kappa shape index (κ1) is 13.4. The number of rotatable bonds is 5. The Kier molecular flexibility index (Phi) is 3.93. The first-order valence-corrected chi connectivity index (χ1v) is 6.52. The Morgan fingerprint density at radius 2 is 2.00 bits per heavy atom. The quantitative estimate of drug-likeness (QED) is 0.873. The van der Waals surface area contributed by atoms with Gasteiger partial charge in [0.15, 0.2) is 0 Å². The maximum Gasteiger partial charge on any atom is 0.118 e. The van der Waals surface area contributed by atoms with Crippen LogP contribution in [0, 0.1) is 5.41 Å². The molecule has 18 heavy (non-hydrogen) atoms. The van der Waals surface area contributed by atoms with Gasteiger partial charge < -0.3 is 14.6 Å². The molecule has 0 saturated heterocycles. The molecule has 1 aromatic rings. The van der Waals surface area contributed by atoms with Crippen molar-refractivity contribution in [1.82, 2.24) is 0 Å². The second-order valence-electron chi connectivity index (χ2n) is 5.26. The molecule has 1 N–H and O–H groups in total. The third-order valence-electron chi connectivity index (χ3n) is 4.31. The van der Waals surface area contributed by atoms with Gasteiger partial charge >= 0.3 is 0 Å². The van der Waals surface area contributed by atoms with Gasteiger partial charge in [-0.25, -0.2) is 0 Å². The molecule has 3 heteroatoms. The first-order chi connectivity index (χ1) is 8.60. The highest BCUT2D eigenvalue weighted by Gasteiger charge is 2.50. The average molecular weight is 250 g/mol. The number of methoxy groups -OCH3 is 1. The predicted octanol–water partition coefficient (Wildman–Crippen LogP) is 2.76. The molecule has 1 aromatic carbocycles. The molecular weight excluding hydrogens is 228 g/mol. The van der Waals surface area contributed by atoms with E-state index < -0.39 is 0 Å². The topological polar surface area (TPSA) is 38.7 Å². The molecule has 100 valence electrons. The zero-order chi connectivity index (χ0) is 13.2. The van der Waals surface area contributed by atoms with E-state index in [9.17, 15) is 5.11 Å². The molecule has 0 amide bonds. The third kappa shape index (κ3) is 2.38. The van der Waals surface area contributed by atoms with Crippen LogP contribution in [0.25, 0.3) is 0 Å². The van der Waals surface area contributed by atoms with Crippen molar-refractivity contribution in [1.29, 1.82) is 0 Å². The molecule has 0 radical (unpaired) electrons. The molecule has 3 nitrogen and oxygen atoms in total. The maximum absolute atomic E-state index is 9.81. The minimum absolute atomic E-state index is 0.0769. The number of hydrogen-bond donors (Lipinski definition) is 1. The van der Waals surface area contributed by atoms with Crippen LogP contribution >= 0.6 is 0 Å². The summed E-state index contributed by atoms with van der Waals surface area (Å²) >= 11 is 0. The van der Waals surface area contributed by atoms with Crippen molar-refractivity contribution in [3.05, 3.63) is 29.8 Å². The smallest absolute Gasteiger partial charge is 0.118 e. The fourth-order valence-corrected chi connectivity index (χ4v) is 2.44. The lowest BCUT2D eigenvalue weighted by Crippen LogP contribution is -2.55. The summed E-state index contributed by atoms with van der Waals surface area (Å²) in [7, 11) is 1.66. The summed E-state index contributed by atoms with van der Waals surface area (Å²) in [5.41, 5.74) is 1.06. The van der Waals surface area contributed by atoms with Gasteiger partial charge in [-0.2, -0.15) is 0 Å². The van der Waals surface area contributed by atoms with E-state index in [2.05, 4.69) is 13.8 Å². The number of aliphatic hydroxyl groups excluding tert-OH is 1. The lowest BCUT2D eigenvalue weighted by atomic mass is 9.63. The molecule has 1 saturated carbocycles. The van der Waals surface area contributed by atoms with Crippen LogP contribution in [0.3, 0.4) is 0 Å². The van der Waals surface area contributed by atoms with Crippen LogP contribution in [0.5, 0.6) is 5.75 Å². The number of aliphatic hydroxyl groups is 1. The van der Waals surface area contributed by atoms with E-state index in [1.807, 2.05) is 24.3 Å². The zero-order valence-electron chi connectivity index (χ0n) is 11.3. The van der Waals surface area contributed by atoms with Gasteiger partial charge in [0.2, 0.25) is 0 Å². The molecule has 3 unspecified atom stereocenters. The van der Waals surface area contributed by atoms with E-state index in [-0.39, 0.29) is 17.6 Å². The molecule has 1 aliphatic rings. The maximum atomic E-state index is 9.81. The van der Waals surface area contributed by atoms with Crippen LogP contribution in [-0.2, 0) is 11.3 Å². The largest absolute Gasteiger partial charge is 0.497 e. The van der Waals surface area contributed by atoms with Gasteiger partial charge in [-0.15, -0.1) is 0 Å². The minimum Gasteiger partial charge on any atom is -0.497 e. The van der Waals surface area contributed by atoms with Gasteiger partial charge in [0.1, 0.15) is 5.75 Å². The second-order valence-corrected chi connectivity index (χ2v) is 5.26. The number of ether oxygens (including phenoxy) is 2. The van der Waals surface area contributed by atoms with Crippen LogP contribution in [0.15, 0.2) is 24.3 Å². The molecule has 1 fully saturated rings. The van der Waals surface area contributed by atoms with Gasteiger partial charge in [-0.05, 0) is 24.1 Å². The van der Waals surface area contributed by atoms with Crippen molar-refractivity contribution in [3.8, 4) is 5.75 Å². The average Bonchev–Trinajstić information content (AvgIpc) is 2.42. The summed E-state index contributed by atoms with van der Waals surface area (Å²) in [6, 6.07) is 7.90. The fraction of sp³-hybridized carbons (Fsp3) is 0.600. The van der Waals surface area contributed by atoms with Crippen LogP contribution < -0.4 is 4.74 Å². The Labute approximate surface area is 109 Å². The monoisotopic (exact) mass is 250 g/mol. The van der Waals surface area contributed by atoms with Gasteiger partial charge in [-0.1, -0.05) is 26.0 Å². The lowest BCUT2D eigenvalue weighted by Gasteiger charge is -2.50. The Morgan fingerprint density at radius 3 is 2.50 bits per heavy atom. The third-order valence-corrected chi connectivity index (χ3v) is 4.31. The van der Waals surface area contributed by atoms with Crippen LogP contribution in [0.1, 0.15) is 32.3 Å². The van der Waals surface area contributed by atoms with Gasteiger partial charge in [0, 0.05) is 11.8 Å². The van der Waals surface area contributed by atoms with Crippen molar-refractivity contribution in [3.63, 3.8) is 0 Å². The summed E-state index contributed by atoms with van der Waals surface area (Å²) in [5.74, 6) is 0.858. The van der Waals surface area contributed by atoms with Crippen LogP contribution in [-0.4, -0.2) is 24.4 Å². The highest BCUT2D eigenvalue weighted by molar-refractivity contribution is 5.26. The molecule has 0 bridgehead atoms. The van der Waals surface area contributed by atoms with E-state index >= 15 is 0 Å². The molecule has 1 aliphatic carbocycles. The molecule has 2 rings (SSSR count). The fourth-order valence-electron chi connectivity index (χ4n) is 2.44. The molecule has 0 spiro atoms. The molecular formula is C15H22O3. The molecule has 3 atom stereocenters. The van der Waals surface area contributed by atoms with E-state index in [4.69, 9.17) is 9.47 Å². The minimum atomic E-state index is -0.219. The summed E-state index contributed by atoms with van der Waals surface area (Å²) in [6.07, 6.45) is 1.64. The molecule has 0 aromatic heterocycles. The van der Waals surface area contributed by atoms with E-state index in [1.165, 1.54) is 0 Å². The van der Waals surface area contributed by atoms with Crippen molar-refractivity contribution >= 4 is 0 Å². The van der Waals surface area contributed by atoms with E-state index in [0.717, 1.165) is 24.2 Å². The van der Waals surface area contributed by atoms with Crippen LogP contribution in [0.2, 0.25) is 0 Å². The molecule has 0 aliphatic heterocycles. The van der Waals surface area contributed by atoms with E-state index in [0.29, 0.717) is 6.61 Å². The summed E-state index contributed by atoms with van der Waals surface area (Å²) < 4.78 is 11.0. The summed E-state index contributed by atoms with van der Waals surface area (Å²) in [5, 5.41) is 9.81. The summed E-state index contributed by atoms with van der Waals surface area (Å²) in [4.78, 5) is 0. The summed E-state index contributed by atoms with van der Waals surface area (Å²) in [6.45, 7) is 4.79. The zero-order valence-corrected chi connectivity index (χ0v) is 11.3. The van der Waals surface area contributed by atoms with Gasteiger partial charge in [0.05, 0.1) is 25.9 Å². The Bertz CT molecular complexity index is 387.